The fourth-order valence-electron chi connectivity index (χ4n) is 5.68. The number of aliphatic hydroxyl groups excluding tert-OH is 1. The van der Waals surface area contributed by atoms with E-state index in [9.17, 15) is 5.11 Å². The second-order valence-corrected chi connectivity index (χ2v) is 12.0. The summed E-state index contributed by atoms with van der Waals surface area (Å²) in [7, 11) is 0. The Balaban J connectivity index is 2.01. The van der Waals surface area contributed by atoms with E-state index in [2.05, 4.69) is 52.0 Å². The van der Waals surface area contributed by atoms with Crippen LogP contribution in [0.2, 0.25) is 0 Å². The third-order valence-electron chi connectivity index (χ3n) is 8.31. The first-order chi connectivity index (χ1) is 22.1. The summed E-state index contributed by atoms with van der Waals surface area (Å²) >= 11 is 0. The fourth-order valence-corrected chi connectivity index (χ4v) is 5.68. The van der Waals surface area contributed by atoms with Gasteiger partial charge in [-0.3, -0.25) is 0 Å². The van der Waals surface area contributed by atoms with Crippen molar-refractivity contribution in [2.45, 2.75) is 130 Å². The molecule has 0 amide bonds. The van der Waals surface area contributed by atoms with Crippen LogP contribution in [-0.2, 0) is 36.7 Å². The minimum atomic E-state index is -0.443. The van der Waals surface area contributed by atoms with Gasteiger partial charge < -0.3 is 33.5 Å². The Morgan fingerprint density at radius 2 is 1.24 bits per heavy atom. The highest BCUT2D eigenvalue weighted by Crippen LogP contribution is 2.39. The number of benzene rings is 2. The van der Waals surface area contributed by atoms with E-state index in [1.807, 2.05) is 25.1 Å². The van der Waals surface area contributed by atoms with Crippen molar-refractivity contribution in [3.8, 4) is 5.75 Å². The van der Waals surface area contributed by atoms with E-state index in [0.717, 1.165) is 80.2 Å². The first-order valence-electron chi connectivity index (χ1n) is 17.6. The van der Waals surface area contributed by atoms with Crippen LogP contribution in [0.25, 0.3) is 0 Å². The van der Waals surface area contributed by atoms with Crippen LogP contribution in [0.15, 0.2) is 42.5 Å². The summed E-state index contributed by atoms with van der Waals surface area (Å²) in [5.74, 6) is 0.872. The third-order valence-corrected chi connectivity index (χ3v) is 8.31. The highest BCUT2D eigenvalue weighted by atomic mass is 16.6. The first-order valence-corrected chi connectivity index (χ1v) is 17.6. The standard InChI is InChI=1S/C38H60O7/c1-6-11-21-40-28-34-36(42-22-12-7-2)38(44-24-14-9-4)37(43-23-13-8-3)35(45-34)33-26-30(15-18-31(33)27-39)25-29-16-19-32(20-17-29)41-10-5/h15-20,26,34-39H,6-14,21-25,27-28H2,1-5H3/t34-,35+,36-,37+,38+/m1/s1. The van der Waals surface area contributed by atoms with Crippen LogP contribution in [0.5, 0.6) is 5.75 Å². The molecule has 254 valence electrons. The molecule has 1 fully saturated rings. The highest BCUT2D eigenvalue weighted by Gasteiger charge is 2.49. The zero-order valence-corrected chi connectivity index (χ0v) is 28.6. The molecular formula is C38H60O7. The van der Waals surface area contributed by atoms with E-state index >= 15 is 0 Å². The molecule has 1 N–H and O–H groups in total. The van der Waals surface area contributed by atoms with Gasteiger partial charge in [0.15, 0.2) is 0 Å². The lowest BCUT2D eigenvalue weighted by atomic mass is 9.87. The summed E-state index contributed by atoms with van der Waals surface area (Å²) < 4.78 is 38.7. The van der Waals surface area contributed by atoms with Crippen LogP contribution in [0.4, 0.5) is 0 Å². The van der Waals surface area contributed by atoms with E-state index in [-0.39, 0.29) is 24.9 Å². The van der Waals surface area contributed by atoms with Gasteiger partial charge in [-0.2, -0.15) is 0 Å². The van der Waals surface area contributed by atoms with Crippen molar-refractivity contribution >= 4 is 0 Å². The maximum absolute atomic E-state index is 10.5. The largest absolute Gasteiger partial charge is 0.494 e. The van der Waals surface area contributed by atoms with Crippen molar-refractivity contribution in [1.82, 2.24) is 0 Å². The van der Waals surface area contributed by atoms with Gasteiger partial charge in [-0.15, -0.1) is 0 Å². The van der Waals surface area contributed by atoms with Gasteiger partial charge in [-0.1, -0.05) is 83.7 Å². The SMILES string of the molecule is CCCCOC[C@H]1O[C@@H](c2cc(Cc3ccc(OCC)cc3)ccc2CO)[C@H](OCCCC)[C@@H](OCCCC)[C@@H]1OCCCC. The fraction of sp³-hybridized carbons (Fsp3) is 0.684. The second-order valence-electron chi connectivity index (χ2n) is 12.0. The van der Waals surface area contributed by atoms with Crippen molar-refractivity contribution in [3.63, 3.8) is 0 Å². The second kappa shape index (κ2) is 21.7. The number of hydrogen-bond donors (Lipinski definition) is 1. The molecule has 1 aliphatic rings. The molecule has 0 bridgehead atoms. The van der Waals surface area contributed by atoms with Gasteiger partial charge in [0.2, 0.25) is 0 Å². The van der Waals surface area contributed by atoms with E-state index in [1.165, 1.54) is 5.56 Å². The minimum Gasteiger partial charge on any atom is -0.494 e. The Kier molecular flexibility index (Phi) is 18.1. The summed E-state index contributed by atoms with van der Waals surface area (Å²) in [5.41, 5.74) is 4.11. The predicted molar refractivity (Wildman–Crippen MR) is 180 cm³/mol. The van der Waals surface area contributed by atoms with Crippen molar-refractivity contribution in [3.05, 3.63) is 64.7 Å². The Morgan fingerprint density at radius 3 is 1.84 bits per heavy atom. The van der Waals surface area contributed by atoms with Gasteiger partial charge in [0, 0.05) is 26.4 Å². The Labute approximate surface area is 272 Å². The van der Waals surface area contributed by atoms with E-state index < -0.39 is 12.2 Å². The Morgan fingerprint density at radius 1 is 0.667 bits per heavy atom. The average molecular weight is 629 g/mol. The van der Waals surface area contributed by atoms with E-state index in [0.29, 0.717) is 39.6 Å². The normalized spacial score (nSPS) is 21.7. The molecule has 0 aliphatic carbocycles. The maximum Gasteiger partial charge on any atom is 0.119 e. The molecule has 2 aromatic carbocycles. The molecule has 3 rings (SSSR count). The molecule has 0 radical (unpaired) electrons. The number of ether oxygens (including phenoxy) is 6. The van der Waals surface area contributed by atoms with Gasteiger partial charge in [0.05, 0.1) is 19.8 Å². The zero-order chi connectivity index (χ0) is 32.3. The molecule has 0 saturated carbocycles. The molecule has 7 nitrogen and oxygen atoms in total. The predicted octanol–water partition coefficient (Wildman–Crippen LogP) is 7.98. The van der Waals surface area contributed by atoms with Crippen LogP contribution >= 0.6 is 0 Å². The number of hydrogen-bond acceptors (Lipinski definition) is 7. The molecule has 5 atom stereocenters. The molecule has 2 aromatic rings. The number of unbranched alkanes of at least 4 members (excludes halogenated alkanes) is 4. The van der Waals surface area contributed by atoms with E-state index in [1.54, 1.807) is 0 Å². The lowest BCUT2D eigenvalue weighted by molar-refractivity contribution is -0.268. The summed E-state index contributed by atoms with van der Waals surface area (Å²) in [6.07, 6.45) is 7.01. The summed E-state index contributed by atoms with van der Waals surface area (Å²) in [5, 5.41) is 10.5. The molecule has 0 aromatic heterocycles. The van der Waals surface area contributed by atoms with Crippen molar-refractivity contribution in [1.29, 1.82) is 0 Å². The van der Waals surface area contributed by atoms with Crippen LogP contribution in [-0.4, -0.2) is 69.2 Å². The van der Waals surface area contributed by atoms with Crippen molar-refractivity contribution < 1.29 is 33.5 Å². The minimum absolute atomic E-state index is 0.0876. The topological polar surface area (TPSA) is 75.6 Å². The van der Waals surface area contributed by atoms with Gasteiger partial charge in [0.25, 0.3) is 0 Å². The molecule has 1 saturated heterocycles. The zero-order valence-electron chi connectivity index (χ0n) is 28.6. The molecule has 0 spiro atoms. The molecule has 7 heteroatoms. The van der Waals surface area contributed by atoms with Gasteiger partial charge >= 0.3 is 0 Å². The highest BCUT2D eigenvalue weighted by molar-refractivity contribution is 5.38. The van der Waals surface area contributed by atoms with Crippen LogP contribution < -0.4 is 4.74 Å². The summed E-state index contributed by atoms with van der Waals surface area (Å²) in [6, 6.07) is 14.6. The maximum atomic E-state index is 10.5. The van der Waals surface area contributed by atoms with E-state index in [4.69, 9.17) is 28.4 Å². The molecule has 1 heterocycles. The van der Waals surface area contributed by atoms with Crippen molar-refractivity contribution in [2.75, 3.05) is 39.6 Å². The molecule has 45 heavy (non-hydrogen) atoms. The monoisotopic (exact) mass is 628 g/mol. The van der Waals surface area contributed by atoms with Gasteiger partial charge in [-0.25, -0.2) is 0 Å². The molecule has 1 aliphatic heterocycles. The quantitative estimate of drug-likeness (QED) is 0.125. The van der Waals surface area contributed by atoms with Crippen molar-refractivity contribution in [2.24, 2.45) is 0 Å². The molecule has 0 unspecified atom stereocenters. The smallest absolute Gasteiger partial charge is 0.119 e. The van der Waals surface area contributed by atoms with Crippen LogP contribution in [0.3, 0.4) is 0 Å². The summed E-state index contributed by atoms with van der Waals surface area (Å²) in [4.78, 5) is 0. The number of aliphatic hydroxyl groups is 1. The van der Waals surface area contributed by atoms with Gasteiger partial charge in [-0.05, 0) is 73.4 Å². The Bertz CT molecular complexity index is 1040. The van der Waals surface area contributed by atoms with Crippen LogP contribution in [0, 0.1) is 0 Å². The lowest BCUT2D eigenvalue weighted by Crippen LogP contribution is -2.58. The number of rotatable bonds is 23. The average Bonchev–Trinajstić information content (AvgIpc) is 3.05. The first kappa shape index (κ1) is 37.5. The lowest BCUT2D eigenvalue weighted by Gasteiger charge is -2.47. The summed E-state index contributed by atoms with van der Waals surface area (Å²) in [6.45, 7) is 14.2. The third kappa shape index (κ3) is 11.9. The van der Waals surface area contributed by atoms with Crippen LogP contribution in [0.1, 0.15) is 114 Å². The Hall–Kier alpha value is -2.00. The van der Waals surface area contributed by atoms with Gasteiger partial charge in [0.1, 0.15) is 36.3 Å². The molecular weight excluding hydrogens is 568 g/mol.